The van der Waals surface area contributed by atoms with E-state index < -0.39 is 0 Å². The van der Waals surface area contributed by atoms with Crippen LogP contribution in [0.15, 0.2) is 249 Å². The minimum Gasteiger partial charge on any atom is -0.258 e. The monoisotopic (exact) mass is 1750 g/mol. The highest BCUT2D eigenvalue weighted by atomic mass is 32.1. The van der Waals surface area contributed by atoms with Crippen molar-refractivity contribution in [2.75, 3.05) is 0 Å². The maximum Gasteiger partial charge on any atom is 0.269 e. The Labute approximate surface area is 750 Å². The second-order valence-corrected chi connectivity index (χ2v) is 48.7. The molecule has 0 amide bonds. The molecular formula is C104H150N2O4S8. The van der Waals surface area contributed by atoms with E-state index in [4.69, 9.17) is 0 Å². The van der Waals surface area contributed by atoms with E-state index in [9.17, 15) is 20.2 Å². The highest BCUT2D eigenvalue weighted by molar-refractivity contribution is 7.12. The number of non-ortho nitro benzene ring substituents is 2. The quantitative estimate of drug-likeness (QED) is 0.127. The van der Waals surface area contributed by atoms with Gasteiger partial charge in [-0.25, -0.2) is 0 Å². The van der Waals surface area contributed by atoms with E-state index in [1.807, 2.05) is 90.7 Å². The van der Waals surface area contributed by atoms with Gasteiger partial charge in [-0.2, -0.15) is 0 Å². The van der Waals surface area contributed by atoms with E-state index in [-0.39, 0.29) is 32.1 Å². The van der Waals surface area contributed by atoms with E-state index in [1.165, 1.54) is 50.1 Å². The normalized spacial score (nSPS) is 11.7. The smallest absolute Gasteiger partial charge is 0.258 e. The van der Waals surface area contributed by atoms with Crippen LogP contribution >= 0.6 is 90.7 Å². The van der Waals surface area contributed by atoms with Crippen LogP contribution in [0.5, 0.6) is 0 Å². The van der Waals surface area contributed by atoms with Crippen LogP contribution in [0.2, 0.25) is 0 Å². The third-order valence-electron chi connectivity index (χ3n) is 17.3. The van der Waals surface area contributed by atoms with Crippen LogP contribution in [-0.4, -0.2) is 9.85 Å². The lowest BCUT2D eigenvalue weighted by molar-refractivity contribution is -0.385. The lowest BCUT2D eigenvalue weighted by Gasteiger charge is -2.18. The molecule has 0 saturated carbocycles. The summed E-state index contributed by atoms with van der Waals surface area (Å²) in [5.41, 5.74) is 8.73. The van der Waals surface area contributed by atoms with Crippen molar-refractivity contribution in [3.8, 4) is 0 Å². The number of nitrogens with zero attached hydrogens (tertiary/aromatic N) is 2. The number of thiophene rings is 8. The van der Waals surface area contributed by atoms with Crippen molar-refractivity contribution >= 4 is 102 Å². The fourth-order valence-corrected chi connectivity index (χ4v) is 16.2. The van der Waals surface area contributed by atoms with Crippen molar-refractivity contribution in [2.24, 2.45) is 0 Å². The number of nitro groups is 2. The molecule has 8 aromatic heterocycles. The maximum atomic E-state index is 10.4. The van der Waals surface area contributed by atoms with Gasteiger partial charge >= 0.3 is 0 Å². The summed E-state index contributed by atoms with van der Waals surface area (Å²) in [5, 5.41) is 37.7. The second kappa shape index (κ2) is 49.4. The van der Waals surface area contributed by atoms with Crippen LogP contribution in [-0.2, 0) is 65.0 Å². The summed E-state index contributed by atoms with van der Waals surface area (Å²) in [7, 11) is 0. The van der Waals surface area contributed by atoms with E-state index in [2.05, 4.69) is 450 Å². The van der Waals surface area contributed by atoms with Crippen molar-refractivity contribution in [3.63, 3.8) is 0 Å². The molecular weight excluding hydrogens is 1600 g/mol. The Balaban J connectivity index is 0.000000645. The molecule has 0 aliphatic heterocycles. The van der Waals surface area contributed by atoms with Gasteiger partial charge in [0, 0.05) is 63.3 Å². The molecule has 0 spiro atoms. The topological polar surface area (TPSA) is 86.3 Å². The average Bonchev–Trinajstić information content (AvgIpc) is 1.31. The van der Waals surface area contributed by atoms with Crippen LogP contribution in [0, 0.1) is 20.2 Å². The molecule has 0 unspecified atom stereocenters. The summed E-state index contributed by atoms with van der Waals surface area (Å²) in [4.78, 5) is 31.7. The highest BCUT2D eigenvalue weighted by Gasteiger charge is 2.21. The van der Waals surface area contributed by atoms with E-state index in [0.717, 1.165) is 11.1 Å². The van der Waals surface area contributed by atoms with Gasteiger partial charge < -0.3 is 0 Å². The molecule has 0 N–H and O–H groups in total. The largest absolute Gasteiger partial charge is 0.269 e. The third-order valence-corrected chi connectivity index (χ3v) is 27.6. The van der Waals surface area contributed by atoms with Gasteiger partial charge in [-0.3, -0.25) is 20.2 Å². The molecule has 0 bridgehead atoms. The zero-order chi connectivity index (χ0) is 90.6. The van der Waals surface area contributed by atoms with Gasteiger partial charge in [-0.15, -0.1) is 90.7 Å². The van der Waals surface area contributed by atoms with Gasteiger partial charge in [-0.05, 0) is 179 Å². The van der Waals surface area contributed by atoms with E-state index in [1.54, 1.807) is 48.5 Å². The Morgan fingerprint density at radius 1 is 0.169 bits per heavy atom. The first-order chi connectivity index (χ1) is 53.9. The zero-order valence-electron chi connectivity index (χ0n) is 79.0. The lowest BCUT2D eigenvalue weighted by atomic mass is 9.87. The molecule has 0 aliphatic carbocycles. The standard InChI is InChI=1S/2C10H13NO2.2C10H14.8C8H12S/c2*1-10(2,3)8-4-6-9(7-5-8)11(12)13;2*1-10(2,3)9-7-5-4-6-8-9;8*1-8(2,3)7-5-4-6-9-7/h2*4-7H,1-3H3;2*4-8H,1-3H3;8*4-6H,1-3H3. The molecule has 0 aliphatic rings. The summed E-state index contributed by atoms with van der Waals surface area (Å²) >= 11 is 14.6. The lowest BCUT2D eigenvalue weighted by Crippen LogP contribution is -2.10. The molecule has 8 heterocycles. The predicted octanol–water partition coefficient (Wildman–Crippen LogP) is 36.1. The minimum absolute atomic E-state index is 0.0507. The van der Waals surface area contributed by atoms with Gasteiger partial charge in [0.15, 0.2) is 0 Å². The van der Waals surface area contributed by atoms with Crippen LogP contribution in [0.3, 0.4) is 0 Å². The van der Waals surface area contributed by atoms with Gasteiger partial charge in [0.1, 0.15) is 0 Å². The molecule has 14 heteroatoms. The molecule has 0 atom stereocenters. The SMILES string of the molecule is CC(C)(C)c1ccc([N+](=O)[O-])cc1.CC(C)(C)c1ccc([N+](=O)[O-])cc1.CC(C)(C)c1ccccc1.CC(C)(C)c1ccccc1.CC(C)(C)c1cccs1.CC(C)(C)c1cccs1.CC(C)(C)c1cccs1.CC(C)(C)c1cccs1.CC(C)(C)c1cccs1.CC(C)(C)c1cccs1.CC(C)(C)c1cccs1.CC(C)(C)c1cccs1. The molecule has 12 aromatic rings. The Morgan fingerprint density at radius 3 is 0.373 bits per heavy atom. The molecule has 0 radical (unpaired) electrons. The molecule has 6 nitrogen and oxygen atoms in total. The fraction of sp³-hybridized carbons (Fsp3) is 0.462. The minimum atomic E-state index is -0.383. The Hall–Kier alpha value is -6.72. The Morgan fingerprint density at radius 2 is 0.297 bits per heavy atom. The summed E-state index contributed by atoms with van der Waals surface area (Å²) in [6.07, 6.45) is 0. The van der Waals surface area contributed by atoms with Gasteiger partial charge in [0.05, 0.1) is 9.85 Å². The number of benzene rings is 4. The van der Waals surface area contributed by atoms with Gasteiger partial charge in [-0.1, -0.05) is 383 Å². The first kappa shape index (κ1) is 109. The summed E-state index contributed by atoms with van der Waals surface area (Å²) in [6.45, 7) is 79.5. The molecule has 118 heavy (non-hydrogen) atoms. The van der Waals surface area contributed by atoms with Gasteiger partial charge in [0.25, 0.3) is 11.4 Å². The number of nitro benzene ring substituents is 2. The summed E-state index contributed by atoms with van der Waals surface area (Å²) in [6, 6.07) is 68.8. The molecule has 0 fully saturated rings. The first-order valence-electron chi connectivity index (χ1n) is 40.8. The van der Waals surface area contributed by atoms with E-state index >= 15 is 0 Å². The second-order valence-electron chi connectivity index (χ2n) is 41.2. The number of hydrogen-bond acceptors (Lipinski definition) is 12. The average molecular weight is 1750 g/mol. The van der Waals surface area contributed by atoms with Crippen LogP contribution < -0.4 is 0 Å². The fourth-order valence-electron chi connectivity index (χ4n) is 9.69. The van der Waals surface area contributed by atoms with Gasteiger partial charge in [0.2, 0.25) is 0 Å². The van der Waals surface area contributed by atoms with Crippen molar-refractivity contribution in [1.82, 2.24) is 0 Å². The van der Waals surface area contributed by atoms with Crippen LogP contribution in [0.4, 0.5) is 11.4 Å². The predicted molar refractivity (Wildman–Crippen MR) is 538 cm³/mol. The Kier molecular flexibility index (Phi) is 45.8. The zero-order valence-corrected chi connectivity index (χ0v) is 85.6. The number of rotatable bonds is 2. The highest BCUT2D eigenvalue weighted by Crippen LogP contribution is 2.34. The van der Waals surface area contributed by atoms with Crippen molar-refractivity contribution < 1.29 is 9.85 Å². The summed E-state index contributed by atoms with van der Waals surface area (Å²) in [5.74, 6) is 0. The maximum absolute atomic E-state index is 10.4. The van der Waals surface area contributed by atoms with Crippen molar-refractivity contribution in [2.45, 2.75) is 314 Å². The Bertz CT molecular complexity index is 3800. The number of hydrogen-bond donors (Lipinski definition) is 0. The van der Waals surface area contributed by atoms with Crippen LogP contribution in [0.1, 0.15) is 311 Å². The molecule has 648 valence electrons. The molecule has 0 saturated heterocycles. The first-order valence-corrected chi connectivity index (χ1v) is 47.8. The molecule has 4 aromatic carbocycles. The van der Waals surface area contributed by atoms with Crippen molar-refractivity contribution in [1.29, 1.82) is 0 Å². The van der Waals surface area contributed by atoms with E-state index in [0.29, 0.717) is 54.1 Å². The molecule has 12 rings (SSSR count). The van der Waals surface area contributed by atoms with Crippen LogP contribution in [0.25, 0.3) is 0 Å². The van der Waals surface area contributed by atoms with Crippen molar-refractivity contribution in [3.05, 3.63) is 331 Å². The summed E-state index contributed by atoms with van der Waals surface area (Å²) < 4.78 is 0. The third kappa shape index (κ3) is 46.9.